The highest BCUT2D eigenvalue weighted by Crippen LogP contribution is 2.31. The normalized spacial score (nSPS) is 28.2. The van der Waals surface area contributed by atoms with E-state index < -0.39 is 21.6 Å². The van der Waals surface area contributed by atoms with Gasteiger partial charge in [0.2, 0.25) is 10.0 Å². The molecule has 0 spiro atoms. The molecule has 1 fully saturated rings. The molecule has 112 valence electrons. The lowest BCUT2D eigenvalue weighted by atomic mass is 9.79. The SMILES string of the molecule is CS(=O)(=O)NCCNCC1(O)CCC(C(=O)O)CC1. The van der Waals surface area contributed by atoms with Crippen LogP contribution in [-0.4, -0.2) is 56.1 Å². The maximum absolute atomic E-state index is 10.8. The lowest BCUT2D eigenvalue weighted by Crippen LogP contribution is -2.46. The number of hydrogen-bond donors (Lipinski definition) is 4. The predicted octanol–water partition coefficient (Wildman–Crippen LogP) is -0.869. The van der Waals surface area contributed by atoms with E-state index in [2.05, 4.69) is 10.0 Å². The molecule has 1 rings (SSSR count). The van der Waals surface area contributed by atoms with Crippen molar-refractivity contribution in [2.24, 2.45) is 5.92 Å². The number of sulfonamides is 1. The van der Waals surface area contributed by atoms with E-state index in [1.807, 2.05) is 0 Å². The van der Waals surface area contributed by atoms with Crippen LogP contribution >= 0.6 is 0 Å². The van der Waals surface area contributed by atoms with E-state index in [0.29, 0.717) is 38.8 Å². The van der Waals surface area contributed by atoms with Crippen LogP contribution in [0, 0.1) is 5.92 Å². The summed E-state index contributed by atoms with van der Waals surface area (Å²) in [4.78, 5) is 10.8. The van der Waals surface area contributed by atoms with E-state index in [-0.39, 0.29) is 12.5 Å². The number of carboxylic acid groups (broad SMARTS) is 1. The second-order valence-electron chi connectivity index (χ2n) is 5.18. The smallest absolute Gasteiger partial charge is 0.306 e. The Labute approximate surface area is 113 Å². The number of nitrogens with one attached hydrogen (secondary N) is 2. The molecule has 0 bridgehead atoms. The Balaban J connectivity index is 2.21. The second-order valence-corrected chi connectivity index (χ2v) is 7.01. The van der Waals surface area contributed by atoms with Crippen LogP contribution in [0.1, 0.15) is 25.7 Å². The van der Waals surface area contributed by atoms with Crippen molar-refractivity contribution in [3.05, 3.63) is 0 Å². The molecule has 0 saturated heterocycles. The predicted molar refractivity (Wildman–Crippen MR) is 70.3 cm³/mol. The highest BCUT2D eigenvalue weighted by molar-refractivity contribution is 7.88. The zero-order chi connectivity index (χ0) is 14.5. The van der Waals surface area contributed by atoms with Crippen molar-refractivity contribution < 1.29 is 23.4 Å². The molecule has 0 aromatic carbocycles. The zero-order valence-electron chi connectivity index (χ0n) is 11.1. The van der Waals surface area contributed by atoms with Crippen molar-refractivity contribution in [1.82, 2.24) is 10.0 Å². The Bertz CT molecular complexity index is 401. The molecule has 0 aromatic rings. The molecule has 0 aliphatic heterocycles. The standard InChI is InChI=1S/C11H22N2O5S/c1-19(17,18)13-7-6-12-8-11(16)4-2-9(3-5-11)10(14)15/h9,12-13,16H,2-8H2,1H3,(H,14,15). The Hall–Kier alpha value is -0.700. The van der Waals surface area contributed by atoms with E-state index in [1.165, 1.54) is 0 Å². The minimum absolute atomic E-state index is 0.271. The van der Waals surface area contributed by atoms with Gasteiger partial charge < -0.3 is 15.5 Å². The van der Waals surface area contributed by atoms with Gasteiger partial charge in [0.25, 0.3) is 0 Å². The molecule has 1 aliphatic rings. The monoisotopic (exact) mass is 294 g/mol. The Morgan fingerprint density at radius 1 is 1.32 bits per heavy atom. The summed E-state index contributed by atoms with van der Waals surface area (Å²) in [6.07, 6.45) is 2.96. The highest BCUT2D eigenvalue weighted by Gasteiger charge is 2.35. The van der Waals surface area contributed by atoms with Crippen molar-refractivity contribution >= 4 is 16.0 Å². The summed E-state index contributed by atoms with van der Waals surface area (Å²) in [5.74, 6) is -1.15. The van der Waals surface area contributed by atoms with Crippen LogP contribution in [0.15, 0.2) is 0 Å². The topological polar surface area (TPSA) is 116 Å². The van der Waals surface area contributed by atoms with Gasteiger partial charge in [-0.1, -0.05) is 0 Å². The van der Waals surface area contributed by atoms with Crippen LogP contribution < -0.4 is 10.0 Å². The summed E-state index contributed by atoms with van der Waals surface area (Å²) in [5.41, 5.74) is -0.878. The summed E-state index contributed by atoms with van der Waals surface area (Å²) in [6, 6.07) is 0. The number of rotatable bonds is 7. The van der Waals surface area contributed by atoms with Crippen LogP contribution in [0.2, 0.25) is 0 Å². The Kier molecular flexibility index (Phi) is 5.72. The number of aliphatic hydroxyl groups is 1. The number of carboxylic acids is 1. The maximum Gasteiger partial charge on any atom is 0.306 e. The molecular formula is C11H22N2O5S. The van der Waals surface area contributed by atoms with Crippen LogP contribution in [-0.2, 0) is 14.8 Å². The molecule has 7 nitrogen and oxygen atoms in total. The van der Waals surface area contributed by atoms with Gasteiger partial charge in [-0.3, -0.25) is 4.79 Å². The fourth-order valence-corrected chi connectivity index (χ4v) is 2.70. The molecular weight excluding hydrogens is 272 g/mol. The maximum atomic E-state index is 10.8. The van der Waals surface area contributed by atoms with Crippen LogP contribution in [0.3, 0.4) is 0 Å². The van der Waals surface area contributed by atoms with Gasteiger partial charge in [0, 0.05) is 19.6 Å². The van der Waals surface area contributed by atoms with E-state index in [1.54, 1.807) is 0 Å². The molecule has 1 aliphatic carbocycles. The summed E-state index contributed by atoms with van der Waals surface area (Å²) in [6.45, 7) is 1.05. The summed E-state index contributed by atoms with van der Waals surface area (Å²) in [5, 5.41) is 22.1. The molecule has 0 unspecified atom stereocenters. The summed E-state index contributed by atoms with van der Waals surface area (Å²) in [7, 11) is -3.18. The molecule has 0 atom stereocenters. The molecule has 19 heavy (non-hydrogen) atoms. The minimum Gasteiger partial charge on any atom is -0.481 e. The van der Waals surface area contributed by atoms with Crippen LogP contribution in [0.5, 0.6) is 0 Å². The summed E-state index contributed by atoms with van der Waals surface area (Å²) >= 11 is 0. The molecule has 4 N–H and O–H groups in total. The van der Waals surface area contributed by atoms with E-state index in [0.717, 1.165) is 6.26 Å². The first-order valence-corrected chi connectivity index (χ1v) is 8.21. The van der Waals surface area contributed by atoms with Gasteiger partial charge in [-0.15, -0.1) is 0 Å². The Morgan fingerprint density at radius 3 is 2.37 bits per heavy atom. The molecule has 0 radical (unpaired) electrons. The van der Waals surface area contributed by atoms with Crippen molar-refractivity contribution in [3.8, 4) is 0 Å². The van der Waals surface area contributed by atoms with Crippen molar-refractivity contribution in [1.29, 1.82) is 0 Å². The van der Waals surface area contributed by atoms with Gasteiger partial charge in [-0.2, -0.15) is 0 Å². The lowest BCUT2D eigenvalue weighted by Gasteiger charge is -2.34. The zero-order valence-corrected chi connectivity index (χ0v) is 11.9. The average Bonchev–Trinajstić information content (AvgIpc) is 2.27. The summed E-state index contributed by atoms with van der Waals surface area (Å²) < 4.78 is 24.0. The quantitative estimate of drug-likeness (QED) is 0.454. The van der Waals surface area contributed by atoms with Crippen molar-refractivity contribution in [2.45, 2.75) is 31.3 Å². The van der Waals surface area contributed by atoms with E-state index >= 15 is 0 Å². The molecule has 1 saturated carbocycles. The van der Waals surface area contributed by atoms with Crippen molar-refractivity contribution in [2.75, 3.05) is 25.9 Å². The lowest BCUT2D eigenvalue weighted by molar-refractivity contribution is -0.144. The fourth-order valence-electron chi connectivity index (χ4n) is 2.22. The van der Waals surface area contributed by atoms with Gasteiger partial charge in [0.05, 0.1) is 17.8 Å². The fraction of sp³-hybridized carbons (Fsp3) is 0.909. The molecule has 0 aromatic heterocycles. The first-order chi connectivity index (χ1) is 8.72. The number of hydrogen-bond acceptors (Lipinski definition) is 5. The molecule has 0 heterocycles. The third-order valence-electron chi connectivity index (χ3n) is 3.39. The largest absolute Gasteiger partial charge is 0.481 e. The Morgan fingerprint density at radius 2 is 1.89 bits per heavy atom. The van der Waals surface area contributed by atoms with Gasteiger partial charge in [-0.25, -0.2) is 13.1 Å². The number of carbonyl (C=O) groups is 1. The second kappa shape index (κ2) is 6.65. The van der Waals surface area contributed by atoms with Gasteiger partial charge in [0.1, 0.15) is 0 Å². The van der Waals surface area contributed by atoms with Gasteiger partial charge in [-0.05, 0) is 25.7 Å². The highest BCUT2D eigenvalue weighted by atomic mass is 32.2. The average molecular weight is 294 g/mol. The number of aliphatic carboxylic acids is 1. The van der Waals surface area contributed by atoms with Crippen molar-refractivity contribution in [3.63, 3.8) is 0 Å². The third kappa shape index (κ3) is 6.33. The van der Waals surface area contributed by atoms with Gasteiger partial charge in [0.15, 0.2) is 0 Å². The molecule has 0 amide bonds. The first-order valence-electron chi connectivity index (χ1n) is 6.32. The third-order valence-corrected chi connectivity index (χ3v) is 4.11. The van der Waals surface area contributed by atoms with E-state index in [4.69, 9.17) is 5.11 Å². The van der Waals surface area contributed by atoms with Crippen LogP contribution in [0.25, 0.3) is 0 Å². The first kappa shape index (κ1) is 16.4. The van der Waals surface area contributed by atoms with Crippen LogP contribution in [0.4, 0.5) is 0 Å². The minimum atomic E-state index is -3.18. The van der Waals surface area contributed by atoms with Gasteiger partial charge >= 0.3 is 5.97 Å². The van der Waals surface area contributed by atoms with E-state index in [9.17, 15) is 18.3 Å². The molecule has 8 heteroatoms.